The number of aryl methyl sites for hydroxylation is 1. The molecule has 0 saturated carbocycles. The van der Waals surface area contributed by atoms with Gasteiger partial charge in [-0.15, -0.1) is 0 Å². The van der Waals surface area contributed by atoms with Crippen molar-refractivity contribution in [3.63, 3.8) is 0 Å². The number of hydrogen-bond donors (Lipinski definition) is 1. The van der Waals surface area contributed by atoms with Crippen molar-refractivity contribution >= 4 is 38.5 Å². The van der Waals surface area contributed by atoms with Gasteiger partial charge in [0.15, 0.2) is 0 Å². The first kappa shape index (κ1) is 22.9. The van der Waals surface area contributed by atoms with Crippen LogP contribution in [-0.2, 0) is 21.2 Å². The predicted octanol–water partition coefficient (Wildman–Crippen LogP) is 5.61. The Morgan fingerprint density at radius 3 is 2.58 bits per heavy atom. The summed E-state index contributed by atoms with van der Waals surface area (Å²) in [4.78, 5) is 11.2. The highest BCUT2D eigenvalue weighted by Crippen LogP contribution is 2.33. The Kier molecular flexibility index (Phi) is 6.44. The maximum absolute atomic E-state index is 13.6. The van der Waals surface area contributed by atoms with Crippen molar-refractivity contribution in [2.45, 2.75) is 24.7 Å². The van der Waals surface area contributed by atoms with Gasteiger partial charge in [-0.25, -0.2) is 12.4 Å². The van der Waals surface area contributed by atoms with Gasteiger partial charge in [0.05, 0.1) is 22.0 Å². The first-order chi connectivity index (χ1) is 15.8. The Balaban J connectivity index is 1.78. The molecule has 0 radical (unpaired) electrons. The number of fused-ring (bicyclic) bond motifs is 1. The minimum absolute atomic E-state index is 0.0836. The molecule has 0 atom stereocenters. The van der Waals surface area contributed by atoms with Gasteiger partial charge in [-0.1, -0.05) is 41.9 Å². The van der Waals surface area contributed by atoms with Crippen LogP contribution in [0.1, 0.15) is 18.9 Å². The van der Waals surface area contributed by atoms with Gasteiger partial charge in [0.2, 0.25) is 0 Å². The van der Waals surface area contributed by atoms with Crippen molar-refractivity contribution in [2.75, 3.05) is 6.61 Å². The number of carbonyl (C=O) groups is 1. The second-order valence-corrected chi connectivity index (χ2v) is 9.69. The summed E-state index contributed by atoms with van der Waals surface area (Å²) in [6.07, 6.45) is 1.67. The molecular formula is C25H22ClNO5S. The van der Waals surface area contributed by atoms with E-state index in [4.69, 9.17) is 21.4 Å². The molecule has 4 aromatic rings. The molecule has 0 aliphatic carbocycles. The van der Waals surface area contributed by atoms with Crippen LogP contribution in [0.3, 0.4) is 0 Å². The maximum atomic E-state index is 13.6. The Morgan fingerprint density at radius 2 is 1.85 bits per heavy atom. The number of halogens is 1. The third kappa shape index (κ3) is 4.60. The van der Waals surface area contributed by atoms with Gasteiger partial charge in [0.25, 0.3) is 10.0 Å². The number of hydrogen-bond acceptors (Lipinski definition) is 4. The fourth-order valence-corrected chi connectivity index (χ4v) is 5.50. The van der Waals surface area contributed by atoms with Gasteiger partial charge < -0.3 is 9.84 Å². The van der Waals surface area contributed by atoms with Crippen LogP contribution in [0.5, 0.6) is 5.75 Å². The van der Waals surface area contributed by atoms with Crippen LogP contribution in [0, 0.1) is 0 Å². The predicted molar refractivity (Wildman–Crippen MR) is 129 cm³/mol. The lowest BCUT2D eigenvalue weighted by Crippen LogP contribution is -2.12. The lowest BCUT2D eigenvalue weighted by Gasteiger charge is -2.11. The lowest BCUT2D eigenvalue weighted by molar-refractivity contribution is -0.136. The first-order valence-corrected chi connectivity index (χ1v) is 12.2. The molecule has 0 aliphatic rings. The standard InChI is InChI=1S/C25H22ClNO5S/c1-2-32-19-11-12-21(23(26)15-19)17-6-5-7-20(14-17)33(30,31)27-16-18(10-13-25(28)29)22-8-3-4-9-24(22)27/h3-9,11-12,14-16H,2,10,13H2,1H3,(H,28,29). The summed E-state index contributed by atoms with van der Waals surface area (Å²) in [5.74, 6) is -0.294. The van der Waals surface area contributed by atoms with Crippen LogP contribution in [0.25, 0.3) is 22.0 Å². The minimum atomic E-state index is -3.94. The number of benzene rings is 3. The quantitative estimate of drug-likeness (QED) is 0.352. The van der Waals surface area contributed by atoms with Crippen LogP contribution in [0.4, 0.5) is 0 Å². The number of ether oxygens (including phenoxy) is 1. The number of para-hydroxylation sites is 1. The third-order valence-electron chi connectivity index (χ3n) is 5.32. The summed E-state index contributed by atoms with van der Waals surface area (Å²) in [5, 5.41) is 10.2. The molecule has 4 rings (SSSR count). The van der Waals surface area contributed by atoms with Gasteiger partial charge in [-0.05, 0) is 60.9 Å². The number of aliphatic carboxylic acids is 1. The smallest absolute Gasteiger partial charge is 0.303 e. The van der Waals surface area contributed by atoms with Crippen molar-refractivity contribution in [1.82, 2.24) is 3.97 Å². The summed E-state index contributed by atoms with van der Waals surface area (Å²) in [6.45, 7) is 2.40. The van der Waals surface area contributed by atoms with E-state index in [9.17, 15) is 13.2 Å². The van der Waals surface area contributed by atoms with Crippen molar-refractivity contribution < 1.29 is 23.1 Å². The molecule has 1 heterocycles. The molecule has 0 amide bonds. The molecule has 3 aromatic carbocycles. The van der Waals surface area contributed by atoms with E-state index < -0.39 is 16.0 Å². The highest BCUT2D eigenvalue weighted by molar-refractivity contribution is 7.90. The van der Waals surface area contributed by atoms with Crippen LogP contribution in [-0.4, -0.2) is 30.1 Å². The average Bonchev–Trinajstić information content (AvgIpc) is 3.18. The van der Waals surface area contributed by atoms with Crippen molar-refractivity contribution in [3.05, 3.63) is 83.5 Å². The number of aromatic nitrogens is 1. The maximum Gasteiger partial charge on any atom is 0.303 e. The third-order valence-corrected chi connectivity index (χ3v) is 7.30. The van der Waals surface area contributed by atoms with E-state index in [1.165, 1.54) is 16.2 Å². The van der Waals surface area contributed by atoms with Gasteiger partial charge >= 0.3 is 5.97 Å². The average molecular weight is 484 g/mol. The topological polar surface area (TPSA) is 85.6 Å². The molecule has 0 spiro atoms. The second kappa shape index (κ2) is 9.29. The fraction of sp³-hybridized carbons (Fsp3) is 0.160. The molecule has 8 heteroatoms. The highest BCUT2D eigenvalue weighted by Gasteiger charge is 2.22. The van der Waals surface area contributed by atoms with E-state index in [1.54, 1.807) is 60.7 Å². The summed E-state index contributed by atoms with van der Waals surface area (Å²) in [7, 11) is -3.94. The van der Waals surface area contributed by atoms with Gasteiger partial charge in [-0.2, -0.15) is 0 Å². The molecule has 0 bridgehead atoms. The van der Waals surface area contributed by atoms with Crippen molar-refractivity contribution in [3.8, 4) is 16.9 Å². The Bertz CT molecular complexity index is 1440. The van der Waals surface area contributed by atoms with E-state index in [2.05, 4.69) is 0 Å². The van der Waals surface area contributed by atoms with Crippen LogP contribution >= 0.6 is 11.6 Å². The first-order valence-electron chi connectivity index (χ1n) is 10.4. The number of carboxylic acids is 1. The van der Waals surface area contributed by atoms with Gasteiger partial charge in [0, 0.05) is 23.6 Å². The van der Waals surface area contributed by atoms with E-state index in [0.717, 1.165) is 0 Å². The van der Waals surface area contributed by atoms with E-state index in [-0.39, 0.29) is 17.7 Å². The molecule has 0 aliphatic heterocycles. The second-order valence-electron chi connectivity index (χ2n) is 7.47. The number of carboxylic acid groups (broad SMARTS) is 1. The van der Waals surface area contributed by atoms with Crippen molar-refractivity contribution in [1.29, 1.82) is 0 Å². The summed E-state index contributed by atoms with van der Waals surface area (Å²) in [6, 6.07) is 19.0. The van der Waals surface area contributed by atoms with E-state index in [1.807, 2.05) is 6.92 Å². The Hall–Kier alpha value is -3.29. The molecule has 33 heavy (non-hydrogen) atoms. The largest absolute Gasteiger partial charge is 0.494 e. The molecule has 0 saturated heterocycles. The van der Waals surface area contributed by atoms with Crippen molar-refractivity contribution in [2.24, 2.45) is 0 Å². The zero-order chi connectivity index (χ0) is 23.6. The van der Waals surface area contributed by atoms with E-state index in [0.29, 0.717) is 45.0 Å². The zero-order valence-corrected chi connectivity index (χ0v) is 19.4. The Morgan fingerprint density at radius 1 is 1.06 bits per heavy atom. The van der Waals surface area contributed by atoms with Crippen LogP contribution < -0.4 is 4.74 Å². The molecule has 1 N–H and O–H groups in total. The van der Waals surface area contributed by atoms with E-state index >= 15 is 0 Å². The van der Waals surface area contributed by atoms with Crippen LogP contribution in [0.2, 0.25) is 5.02 Å². The van der Waals surface area contributed by atoms with Gasteiger partial charge in [0.1, 0.15) is 5.75 Å². The molecule has 6 nitrogen and oxygen atoms in total. The SMILES string of the molecule is CCOc1ccc(-c2cccc(S(=O)(=O)n3cc(CCC(=O)O)c4ccccc43)c2)c(Cl)c1. The Labute approximate surface area is 197 Å². The monoisotopic (exact) mass is 483 g/mol. The number of rotatable bonds is 8. The molecule has 0 unspecified atom stereocenters. The summed E-state index contributed by atoms with van der Waals surface area (Å²) >= 11 is 6.44. The minimum Gasteiger partial charge on any atom is -0.494 e. The molecular weight excluding hydrogens is 462 g/mol. The molecule has 170 valence electrons. The highest BCUT2D eigenvalue weighted by atomic mass is 35.5. The fourth-order valence-electron chi connectivity index (χ4n) is 3.78. The molecule has 0 fully saturated rings. The summed E-state index contributed by atoms with van der Waals surface area (Å²) in [5.41, 5.74) is 2.52. The van der Waals surface area contributed by atoms with Gasteiger partial charge in [-0.3, -0.25) is 4.79 Å². The number of nitrogens with zero attached hydrogens (tertiary/aromatic N) is 1. The van der Waals surface area contributed by atoms with Crippen LogP contribution in [0.15, 0.2) is 77.8 Å². The summed E-state index contributed by atoms with van der Waals surface area (Å²) < 4.78 is 33.9. The molecule has 1 aromatic heterocycles. The lowest BCUT2D eigenvalue weighted by atomic mass is 10.1. The normalized spacial score (nSPS) is 11.6. The zero-order valence-electron chi connectivity index (χ0n) is 17.9.